The van der Waals surface area contributed by atoms with E-state index in [-0.39, 0.29) is 5.25 Å². The van der Waals surface area contributed by atoms with E-state index in [0.29, 0.717) is 36.7 Å². The number of aliphatic hydroxyl groups excluding tert-OH is 1. The third-order valence-corrected chi connectivity index (χ3v) is 6.41. The molecule has 0 amide bonds. The fourth-order valence-electron chi connectivity index (χ4n) is 3.02. The Kier molecular flexibility index (Phi) is 3.34. The number of hydrogen-bond acceptors (Lipinski definition) is 5. The summed E-state index contributed by atoms with van der Waals surface area (Å²) in [6.45, 7) is 0.779. The summed E-state index contributed by atoms with van der Waals surface area (Å²) in [7, 11) is -2.98. The van der Waals surface area contributed by atoms with Crippen molar-refractivity contribution in [2.24, 2.45) is 0 Å². The summed E-state index contributed by atoms with van der Waals surface area (Å²) < 4.78 is 26.0. The van der Waals surface area contributed by atoms with Crippen LogP contribution in [0.3, 0.4) is 0 Å². The van der Waals surface area contributed by atoms with Gasteiger partial charge in [0, 0.05) is 13.0 Å². The number of aromatic nitrogens is 3. The first-order valence-electron chi connectivity index (χ1n) is 6.89. The minimum Gasteiger partial charge on any atom is -0.385 e. The minimum absolute atomic E-state index is 0.293. The summed E-state index contributed by atoms with van der Waals surface area (Å²) in [5.74, 6) is 1.60. The van der Waals surface area contributed by atoms with Gasteiger partial charge < -0.3 is 9.67 Å². The van der Waals surface area contributed by atoms with E-state index in [4.69, 9.17) is 0 Å². The molecule has 2 atom stereocenters. The molecule has 2 aliphatic rings. The molecule has 3 rings (SSSR count). The zero-order valence-corrected chi connectivity index (χ0v) is 11.6. The standard InChI is InChI=1S/C12H19N3O3S/c16-10-5-3-6-15-11(13-14-12(10)15)8-9-4-1-2-7-19(9,17)18/h9-10,16H,1-8H2. The van der Waals surface area contributed by atoms with Gasteiger partial charge in [-0.15, -0.1) is 10.2 Å². The highest BCUT2D eigenvalue weighted by atomic mass is 32.2. The molecule has 1 saturated heterocycles. The average molecular weight is 285 g/mol. The SMILES string of the molecule is O=S1(=O)CCCCC1Cc1nnc2n1CCCC2O. The number of sulfone groups is 1. The topological polar surface area (TPSA) is 85.1 Å². The predicted octanol–water partition coefficient (Wildman–Crippen LogP) is 0.615. The van der Waals surface area contributed by atoms with Gasteiger partial charge in [-0.25, -0.2) is 8.42 Å². The fraction of sp³-hybridized carbons (Fsp3) is 0.833. The largest absolute Gasteiger partial charge is 0.385 e. The normalized spacial score (nSPS) is 29.9. The van der Waals surface area contributed by atoms with Crippen LogP contribution in [0.4, 0.5) is 0 Å². The molecule has 0 aromatic carbocycles. The maximum Gasteiger partial charge on any atom is 0.161 e. The van der Waals surface area contributed by atoms with Gasteiger partial charge in [0.25, 0.3) is 0 Å². The van der Waals surface area contributed by atoms with E-state index in [2.05, 4.69) is 10.2 Å². The van der Waals surface area contributed by atoms with E-state index in [1.165, 1.54) is 0 Å². The average Bonchev–Trinajstić information content (AvgIpc) is 2.77. The Labute approximate surface area is 112 Å². The lowest BCUT2D eigenvalue weighted by atomic mass is 10.1. The Bertz CT molecular complexity index is 567. The van der Waals surface area contributed by atoms with Crippen molar-refractivity contribution in [2.45, 2.75) is 56.4 Å². The second-order valence-electron chi connectivity index (χ2n) is 5.47. The maximum atomic E-state index is 12.0. The van der Waals surface area contributed by atoms with Gasteiger partial charge in [0.15, 0.2) is 15.7 Å². The van der Waals surface area contributed by atoms with Crippen LogP contribution in [0.1, 0.15) is 49.9 Å². The van der Waals surface area contributed by atoms with Gasteiger partial charge in [-0.1, -0.05) is 6.42 Å². The third-order valence-electron chi connectivity index (χ3n) is 4.14. The molecule has 1 aromatic heterocycles. The molecule has 2 unspecified atom stereocenters. The van der Waals surface area contributed by atoms with Crippen LogP contribution in [0.2, 0.25) is 0 Å². The van der Waals surface area contributed by atoms with Crippen LogP contribution < -0.4 is 0 Å². The van der Waals surface area contributed by atoms with Crippen molar-refractivity contribution in [1.29, 1.82) is 0 Å². The summed E-state index contributed by atoms with van der Waals surface area (Å²) in [5.41, 5.74) is 0. The molecule has 0 aliphatic carbocycles. The number of aliphatic hydroxyl groups is 1. The van der Waals surface area contributed by atoms with Gasteiger partial charge in [0.1, 0.15) is 11.9 Å². The monoisotopic (exact) mass is 285 g/mol. The number of fused-ring (bicyclic) bond motifs is 1. The van der Waals surface area contributed by atoms with Gasteiger partial charge >= 0.3 is 0 Å². The highest BCUT2D eigenvalue weighted by molar-refractivity contribution is 7.92. The molecule has 1 aromatic rings. The highest BCUT2D eigenvalue weighted by Crippen LogP contribution is 2.27. The van der Waals surface area contributed by atoms with Gasteiger partial charge in [-0.2, -0.15) is 0 Å². The van der Waals surface area contributed by atoms with Gasteiger partial charge in [0.2, 0.25) is 0 Å². The molecule has 3 heterocycles. The van der Waals surface area contributed by atoms with E-state index in [1.54, 1.807) is 0 Å². The van der Waals surface area contributed by atoms with Crippen molar-refractivity contribution < 1.29 is 13.5 Å². The van der Waals surface area contributed by atoms with E-state index in [9.17, 15) is 13.5 Å². The molecular formula is C12H19N3O3S. The van der Waals surface area contributed by atoms with Crippen LogP contribution in [0.15, 0.2) is 0 Å². The van der Waals surface area contributed by atoms with Crippen molar-refractivity contribution in [3.63, 3.8) is 0 Å². The molecule has 0 radical (unpaired) electrons. The van der Waals surface area contributed by atoms with Crippen LogP contribution in [0.5, 0.6) is 0 Å². The van der Waals surface area contributed by atoms with Crippen molar-refractivity contribution >= 4 is 9.84 Å². The van der Waals surface area contributed by atoms with Crippen molar-refractivity contribution in [2.75, 3.05) is 5.75 Å². The molecule has 7 heteroatoms. The first-order chi connectivity index (χ1) is 9.08. The maximum absolute atomic E-state index is 12.0. The van der Waals surface area contributed by atoms with E-state index in [1.807, 2.05) is 4.57 Å². The minimum atomic E-state index is -2.98. The molecule has 1 N–H and O–H groups in total. The molecule has 0 saturated carbocycles. The van der Waals surface area contributed by atoms with Gasteiger partial charge in [-0.05, 0) is 25.7 Å². The zero-order chi connectivity index (χ0) is 13.5. The Morgan fingerprint density at radius 2 is 2.05 bits per heavy atom. The second-order valence-corrected chi connectivity index (χ2v) is 7.87. The number of rotatable bonds is 2. The lowest BCUT2D eigenvalue weighted by Crippen LogP contribution is -2.31. The quantitative estimate of drug-likeness (QED) is 0.860. The predicted molar refractivity (Wildman–Crippen MR) is 69.3 cm³/mol. The molecule has 2 aliphatic heterocycles. The van der Waals surface area contributed by atoms with Gasteiger partial charge in [-0.3, -0.25) is 0 Å². The smallest absolute Gasteiger partial charge is 0.161 e. The first-order valence-corrected chi connectivity index (χ1v) is 8.61. The molecule has 6 nitrogen and oxygen atoms in total. The summed E-state index contributed by atoms with van der Waals surface area (Å²) in [5, 5.41) is 17.6. The van der Waals surface area contributed by atoms with Crippen LogP contribution in [-0.2, 0) is 22.8 Å². The van der Waals surface area contributed by atoms with Crippen LogP contribution in [-0.4, -0.2) is 39.3 Å². The molecule has 19 heavy (non-hydrogen) atoms. The van der Waals surface area contributed by atoms with Crippen LogP contribution in [0.25, 0.3) is 0 Å². The summed E-state index contributed by atoms with van der Waals surface area (Å²) >= 11 is 0. The summed E-state index contributed by atoms with van der Waals surface area (Å²) in [4.78, 5) is 0. The summed E-state index contributed by atoms with van der Waals surface area (Å²) in [6.07, 6.45) is 3.92. The molecule has 0 bridgehead atoms. The highest BCUT2D eigenvalue weighted by Gasteiger charge is 2.32. The molecule has 106 valence electrons. The lowest BCUT2D eigenvalue weighted by Gasteiger charge is -2.23. The number of nitrogens with zero attached hydrogens (tertiary/aromatic N) is 3. The summed E-state index contributed by atoms with van der Waals surface area (Å²) in [6, 6.07) is 0. The Hall–Kier alpha value is -0.950. The van der Waals surface area contributed by atoms with Crippen molar-refractivity contribution in [3.05, 3.63) is 11.6 Å². The first kappa shape index (κ1) is 13.1. The Morgan fingerprint density at radius 1 is 1.21 bits per heavy atom. The van der Waals surface area contributed by atoms with Crippen molar-refractivity contribution in [3.8, 4) is 0 Å². The van der Waals surface area contributed by atoms with Gasteiger partial charge in [0.05, 0.1) is 11.0 Å². The molecular weight excluding hydrogens is 266 g/mol. The van der Waals surface area contributed by atoms with E-state index < -0.39 is 15.9 Å². The fourth-order valence-corrected chi connectivity index (χ4v) is 4.88. The van der Waals surface area contributed by atoms with E-state index >= 15 is 0 Å². The van der Waals surface area contributed by atoms with Crippen molar-refractivity contribution in [1.82, 2.24) is 14.8 Å². The molecule has 1 fully saturated rings. The Morgan fingerprint density at radius 3 is 2.84 bits per heavy atom. The van der Waals surface area contributed by atoms with Crippen LogP contribution in [0, 0.1) is 0 Å². The zero-order valence-electron chi connectivity index (χ0n) is 10.8. The third kappa shape index (κ3) is 2.41. The number of hydrogen-bond donors (Lipinski definition) is 1. The van der Waals surface area contributed by atoms with Crippen LogP contribution >= 0.6 is 0 Å². The van der Waals surface area contributed by atoms with E-state index in [0.717, 1.165) is 25.8 Å². The second kappa shape index (κ2) is 4.86. The molecule has 0 spiro atoms. The Balaban J connectivity index is 1.84. The lowest BCUT2D eigenvalue weighted by molar-refractivity contribution is 0.133.